The highest BCUT2D eigenvalue weighted by Crippen LogP contribution is 2.34. The predicted octanol–water partition coefficient (Wildman–Crippen LogP) is 6.54. The average Bonchev–Trinajstić information content (AvgIpc) is 2.82. The van der Waals surface area contributed by atoms with Crippen molar-refractivity contribution in [3.8, 4) is 11.3 Å². The Morgan fingerprint density at radius 3 is 2.49 bits per heavy atom. The summed E-state index contributed by atoms with van der Waals surface area (Å²) in [6, 6.07) is 18.9. The first-order chi connectivity index (χ1) is 16.6. The van der Waals surface area contributed by atoms with Gasteiger partial charge in [0.1, 0.15) is 11.2 Å². The van der Waals surface area contributed by atoms with Gasteiger partial charge in [0.2, 0.25) is 0 Å². The van der Waals surface area contributed by atoms with E-state index >= 15 is 0 Å². The fourth-order valence-electron chi connectivity index (χ4n) is 4.14. The fourth-order valence-corrected chi connectivity index (χ4v) is 4.87. The first kappa shape index (κ1) is 24.8. The lowest BCUT2D eigenvalue weighted by Gasteiger charge is -2.27. The van der Waals surface area contributed by atoms with Gasteiger partial charge in [0.05, 0.1) is 16.8 Å². The van der Waals surface area contributed by atoms with Gasteiger partial charge in [-0.25, -0.2) is 9.37 Å². The zero-order valence-electron chi connectivity index (χ0n) is 18.9. The van der Waals surface area contributed by atoms with Crippen molar-refractivity contribution in [1.29, 1.82) is 0 Å². The maximum atomic E-state index is 14.6. The fraction of sp³-hybridized carbons (Fsp3) is 0.148. The number of hydrogen-bond donors (Lipinski definition) is 2. The van der Waals surface area contributed by atoms with Gasteiger partial charge in [-0.1, -0.05) is 63.9 Å². The van der Waals surface area contributed by atoms with Gasteiger partial charge < -0.3 is 10.4 Å². The number of carbonyl (C=O) groups is 2. The first-order valence-corrected chi connectivity index (χ1v) is 11.9. The van der Waals surface area contributed by atoms with E-state index in [1.54, 1.807) is 13.0 Å². The second-order valence-electron chi connectivity index (χ2n) is 8.40. The highest BCUT2D eigenvalue weighted by molar-refractivity contribution is 9.10. The van der Waals surface area contributed by atoms with E-state index in [1.165, 1.54) is 19.1 Å². The molecule has 0 spiro atoms. The van der Waals surface area contributed by atoms with E-state index in [2.05, 4.69) is 21.2 Å². The van der Waals surface area contributed by atoms with Gasteiger partial charge in [-0.2, -0.15) is 0 Å². The third kappa shape index (κ3) is 4.66. The van der Waals surface area contributed by atoms with Crippen molar-refractivity contribution in [2.24, 2.45) is 0 Å². The van der Waals surface area contributed by atoms with Gasteiger partial charge in [0, 0.05) is 32.6 Å². The molecule has 0 aliphatic carbocycles. The van der Waals surface area contributed by atoms with Crippen molar-refractivity contribution >= 4 is 50.3 Å². The number of aromatic nitrogens is 1. The van der Waals surface area contributed by atoms with Crippen LogP contribution in [0.3, 0.4) is 0 Å². The number of carboxylic acids is 1. The molecule has 0 saturated heterocycles. The number of nitrogens with zero attached hydrogens (tertiary/aromatic N) is 1. The third-order valence-electron chi connectivity index (χ3n) is 6.05. The van der Waals surface area contributed by atoms with Crippen LogP contribution >= 0.6 is 27.5 Å². The first-order valence-electron chi connectivity index (χ1n) is 10.7. The lowest BCUT2D eigenvalue weighted by molar-refractivity contribution is -0.143. The molecule has 8 heteroatoms. The Hall–Kier alpha value is -3.29. The molecule has 2 N–H and O–H groups in total. The minimum atomic E-state index is -1.79. The quantitative estimate of drug-likeness (QED) is 0.283. The number of carboxylic acid groups (broad SMARTS) is 1. The van der Waals surface area contributed by atoms with Crippen LogP contribution in [0.15, 0.2) is 71.2 Å². The van der Waals surface area contributed by atoms with Crippen LogP contribution in [-0.2, 0) is 10.2 Å². The molecule has 1 aromatic heterocycles. The maximum Gasteiger partial charge on any atom is 0.315 e. The number of amides is 1. The molecule has 0 aliphatic rings. The summed E-state index contributed by atoms with van der Waals surface area (Å²) in [4.78, 5) is 30.6. The number of carbonyl (C=O) groups excluding carboxylic acids is 1. The molecule has 3 aromatic carbocycles. The van der Waals surface area contributed by atoms with Crippen molar-refractivity contribution in [3.05, 3.63) is 98.7 Å². The number of aliphatic carboxylic acids is 1. The molecule has 1 heterocycles. The van der Waals surface area contributed by atoms with Crippen molar-refractivity contribution < 1.29 is 19.1 Å². The third-order valence-corrected chi connectivity index (χ3v) is 6.86. The molecular formula is C27H21BrClFN2O3. The Morgan fingerprint density at radius 1 is 1.11 bits per heavy atom. The summed E-state index contributed by atoms with van der Waals surface area (Å²) in [5.74, 6) is -2.56. The number of nitrogens with one attached hydrogen (secondary N) is 1. The minimum absolute atomic E-state index is 0.0232. The van der Waals surface area contributed by atoms with Crippen molar-refractivity contribution in [2.45, 2.75) is 19.3 Å². The van der Waals surface area contributed by atoms with E-state index in [-0.39, 0.29) is 17.1 Å². The molecule has 0 saturated carbocycles. The van der Waals surface area contributed by atoms with Crippen LogP contribution in [0.4, 0.5) is 4.39 Å². The molecule has 0 fully saturated rings. The topological polar surface area (TPSA) is 79.3 Å². The average molecular weight is 556 g/mol. The Morgan fingerprint density at radius 2 is 1.83 bits per heavy atom. The zero-order chi connectivity index (χ0) is 25.3. The molecule has 1 amide bonds. The lowest BCUT2D eigenvalue weighted by Crippen LogP contribution is -2.45. The van der Waals surface area contributed by atoms with Gasteiger partial charge >= 0.3 is 5.97 Å². The molecule has 5 nitrogen and oxygen atoms in total. The summed E-state index contributed by atoms with van der Waals surface area (Å²) in [6.45, 7) is 2.76. The molecule has 0 bridgehead atoms. The van der Waals surface area contributed by atoms with Crippen LogP contribution in [0, 0.1) is 12.7 Å². The van der Waals surface area contributed by atoms with E-state index in [0.717, 1.165) is 16.1 Å². The molecule has 35 heavy (non-hydrogen) atoms. The Balaban J connectivity index is 1.80. The van der Waals surface area contributed by atoms with Gasteiger partial charge in [-0.3, -0.25) is 9.59 Å². The highest BCUT2D eigenvalue weighted by Gasteiger charge is 2.40. The van der Waals surface area contributed by atoms with Crippen molar-refractivity contribution in [1.82, 2.24) is 10.3 Å². The Labute approximate surface area is 215 Å². The largest absolute Gasteiger partial charge is 0.481 e. The van der Waals surface area contributed by atoms with E-state index in [4.69, 9.17) is 16.6 Å². The van der Waals surface area contributed by atoms with Crippen LogP contribution in [0.2, 0.25) is 5.02 Å². The molecule has 1 unspecified atom stereocenters. The number of hydrogen-bond acceptors (Lipinski definition) is 3. The van der Waals surface area contributed by atoms with E-state index in [1.807, 2.05) is 42.5 Å². The monoisotopic (exact) mass is 554 g/mol. The molecule has 0 aliphatic heterocycles. The van der Waals surface area contributed by atoms with Gasteiger partial charge in [0.15, 0.2) is 0 Å². The van der Waals surface area contributed by atoms with Crippen molar-refractivity contribution in [2.75, 3.05) is 6.54 Å². The number of benzene rings is 3. The van der Waals surface area contributed by atoms with E-state index in [0.29, 0.717) is 27.7 Å². The Bertz CT molecular complexity index is 1440. The number of halogens is 3. The van der Waals surface area contributed by atoms with Crippen LogP contribution in [-0.4, -0.2) is 28.5 Å². The summed E-state index contributed by atoms with van der Waals surface area (Å²) in [7, 11) is 0. The summed E-state index contributed by atoms with van der Waals surface area (Å²) >= 11 is 9.62. The minimum Gasteiger partial charge on any atom is -0.481 e. The van der Waals surface area contributed by atoms with Crippen molar-refractivity contribution in [3.63, 3.8) is 0 Å². The maximum absolute atomic E-state index is 14.6. The smallest absolute Gasteiger partial charge is 0.315 e. The normalized spacial score (nSPS) is 12.8. The molecule has 4 rings (SSSR count). The van der Waals surface area contributed by atoms with Crippen LogP contribution < -0.4 is 5.32 Å². The summed E-state index contributed by atoms with van der Waals surface area (Å²) in [5, 5.41) is 13.3. The number of rotatable bonds is 6. The van der Waals surface area contributed by atoms with Gasteiger partial charge in [0.25, 0.3) is 5.91 Å². The highest BCUT2D eigenvalue weighted by atomic mass is 79.9. The molecule has 0 radical (unpaired) electrons. The standard InChI is InChI=1S/C27H21BrClFN2O3/c1-15-22(18-13-17(28)11-12-21(18)32-24(15)16-7-4-3-5-8-16)25(33)31-14-27(2,26(34)35)23-19(29)9-6-10-20(23)30/h3-13H,14H2,1-2H3,(H,31,33)(H,34,35). The second-order valence-corrected chi connectivity index (χ2v) is 9.73. The summed E-state index contributed by atoms with van der Waals surface area (Å²) in [5.41, 5.74) is 1.13. The molecular weight excluding hydrogens is 535 g/mol. The molecule has 178 valence electrons. The second kappa shape index (κ2) is 9.76. The SMILES string of the molecule is Cc1c(-c2ccccc2)nc2ccc(Br)cc2c1C(=O)NCC(C)(C(=O)O)c1c(F)cccc1Cl. The van der Waals surface area contributed by atoms with Crippen LogP contribution in [0.5, 0.6) is 0 Å². The van der Waals surface area contributed by atoms with Gasteiger partial charge in [-0.15, -0.1) is 0 Å². The summed E-state index contributed by atoms with van der Waals surface area (Å²) < 4.78 is 15.4. The van der Waals surface area contributed by atoms with E-state index in [9.17, 15) is 19.1 Å². The number of fused-ring (bicyclic) bond motifs is 1. The molecule has 1 atom stereocenters. The van der Waals surface area contributed by atoms with Gasteiger partial charge in [-0.05, 0) is 49.7 Å². The Kier molecular flexibility index (Phi) is 6.92. The lowest BCUT2D eigenvalue weighted by atomic mass is 9.81. The predicted molar refractivity (Wildman–Crippen MR) is 138 cm³/mol. The zero-order valence-corrected chi connectivity index (χ0v) is 21.2. The number of pyridine rings is 1. The van der Waals surface area contributed by atoms with E-state index < -0.39 is 23.1 Å². The van der Waals surface area contributed by atoms with Crippen LogP contribution in [0.25, 0.3) is 22.2 Å². The van der Waals surface area contributed by atoms with Crippen LogP contribution in [0.1, 0.15) is 28.4 Å². The summed E-state index contributed by atoms with van der Waals surface area (Å²) in [6.07, 6.45) is 0. The molecule has 4 aromatic rings.